The van der Waals surface area contributed by atoms with Crippen LogP contribution in [0.5, 0.6) is 0 Å². The third-order valence-corrected chi connectivity index (χ3v) is 3.28. The molecule has 18 heavy (non-hydrogen) atoms. The SMILES string of the molecule is CN(Cc1ccc(B(O)O)cc1)Cc1cscn1. The highest BCUT2D eigenvalue weighted by Gasteiger charge is 2.10. The van der Waals surface area contributed by atoms with E-state index in [-0.39, 0.29) is 0 Å². The van der Waals surface area contributed by atoms with E-state index < -0.39 is 7.12 Å². The average molecular weight is 262 g/mol. The molecule has 0 fully saturated rings. The van der Waals surface area contributed by atoms with Gasteiger partial charge < -0.3 is 10.0 Å². The lowest BCUT2D eigenvalue weighted by Crippen LogP contribution is -2.29. The van der Waals surface area contributed by atoms with Gasteiger partial charge in [-0.1, -0.05) is 24.3 Å². The molecule has 0 unspecified atom stereocenters. The standard InChI is InChI=1S/C12H15BN2O2S/c1-15(7-12-8-18-9-14-12)6-10-2-4-11(5-3-10)13(16)17/h2-5,8-9,16-17H,6-7H2,1H3. The monoisotopic (exact) mass is 262 g/mol. The van der Waals surface area contributed by atoms with E-state index in [9.17, 15) is 0 Å². The fourth-order valence-electron chi connectivity index (χ4n) is 1.75. The van der Waals surface area contributed by atoms with Crippen LogP contribution in [0.4, 0.5) is 0 Å². The Morgan fingerprint density at radius 3 is 2.50 bits per heavy atom. The van der Waals surface area contributed by atoms with Crippen molar-refractivity contribution in [3.63, 3.8) is 0 Å². The van der Waals surface area contributed by atoms with Crippen LogP contribution >= 0.6 is 11.3 Å². The predicted molar refractivity (Wildman–Crippen MR) is 73.6 cm³/mol. The normalized spacial score (nSPS) is 10.9. The highest BCUT2D eigenvalue weighted by molar-refractivity contribution is 7.07. The van der Waals surface area contributed by atoms with Crippen molar-refractivity contribution >= 4 is 23.9 Å². The van der Waals surface area contributed by atoms with Crippen LogP contribution in [-0.4, -0.2) is 34.1 Å². The predicted octanol–water partition coefficient (Wildman–Crippen LogP) is 0.455. The molecular formula is C12H15BN2O2S. The Kier molecular flexibility index (Phi) is 4.49. The smallest absolute Gasteiger partial charge is 0.423 e. The zero-order valence-electron chi connectivity index (χ0n) is 10.2. The van der Waals surface area contributed by atoms with Gasteiger partial charge in [0.2, 0.25) is 0 Å². The second kappa shape index (κ2) is 6.11. The molecule has 1 aromatic carbocycles. The fourth-order valence-corrected chi connectivity index (χ4v) is 2.30. The van der Waals surface area contributed by atoms with Gasteiger partial charge >= 0.3 is 7.12 Å². The summed E-state index contributed by atoms with van der Waals surface area (Å²) in [6.07, 6.45) is 0. The van der Waals surface area contributed by atoms with Crippen LogP contribution in [0, 0.1) is 0 Å². The van der Waals surface area contributed by atoms with E-state index in [1.54, 1.807) is 23.5 Å². The minimum atomic E-state index is -1.40. The molecule has 2 rings (SSSR count). The quantitative estimate of drug-likeness (QED) is 0.768. The molecular weight excluding hydrogens is 247 g/mol. The third-order valence-electron chi connectivity index (χ3n) is 2.65. The summed E-state index contributed by atoms with van der Waals surface area (Å²) in [4.78, 5) is 6.41. The summed E-state index contributed by atoms with van der Waals surface area (Å²) in [7, 11) is 0.639. The lowest BCUT2D eigenvalue weighted by atomic mass is 9.80. The molecule has 0 atom stereocenters. The number of nitrogens with zero attached hydrogens (tertiary/aromatic N) is 2. The van der Waals surface area contributed by atoms with Crippen LogP contribution in [0.25, 0.3) is 0 Å². The first-order valence-electron chi connectivity index (χ1n) is 5.66. The fraction of sp³-hybridized carbons (Fsp3) is 0.250. The van der Waals surface area contributed by atoms with Crippen LogP contribution in [0.2, 0.25) is 0 Å². The van der Waals surface area contributed by atoms with Gasteiger partial charge in [-0.3, -0.25) is 4.90 Å². The summed E-state index contributed by atoms with van der Waals surface area (Å²) in [5.41, 5.74) is 4.56. The maximum absolute atomic E-state index is 9.01. The molecule has 1 aromatic heterocycles. The van der Waals surface area contributed by atoms with Gasteiger partial charge in [-0.05, 0) is 18.1 Å². The number of hydrogen-bond donors (Lipinski definition) is 2. The van der Waals surface area contributed by atoms with E-state index in [4.69, 9.17) is 10.0 Å². The van der Waals surface area contributed by atoms with Crippen molar-refractivity contribution in [1.29, 1.82) is 0 Å². The largest absolute Gasteiger partial charge is 0.488 e. The molecule has 0 amide bonds. The van der Waals surface area contributed by atoms with Crippen LogP contribution in [0.15, 0.2) is 35.2 Å². The van der Waals surface area contributed by atoms with Crippen LogP contribution in [-0.2, 0) is 13.1 Å². The van der Waals surface area contributed by atoms with E-state index in [2.05, 4.69) is 9.88 Å². The minimum absolute atomic E-state index is 0.515. The van der Waals surface area contributed by atoms with Gasteiger partial charge in [-0.2, -0.15) is 0 Å². The summed E-state index contributed by atoms with van der Waals surface area (Å²) < 4.78 is 0. The number of benzene rings is 1. The van der Waals surface area contributed by atoms with Gasteiger partial charge in [0.15, 0.2) is 0 Å². The summed E-state index contributed by atoms with van der Waals surface area (Å²) in [6, 6.07) is 7.28. The molecule has 0 aliphatic rings. The molecule has 6 heteroatoms. The van der Waals surface area contributed by atoms with Crippen molar-refractivity contribution in [3.8, 4) is 0 Å². The number of thiazole rings is 1. The molecule has 94 valence electrons. The van der Waals surface area contributed by atoms with Crippen molar-refractivity contribution in [2.24, 2.45) is 0 Å². The topological polar surface area (TPSA) is 56.6 Å². The second-order valence-electron chi connectivity index (χ2n) is 4.27. The Labute approximate surface area is 111 Å². The molecule has 0 saturated heterocycles. The van der Waals surface area contributed by atoms with Crippen molar-refractivity contribution in [2.45, 2.75) is 13.1 Å². The van der Waals surface area contributed by atoms with Gasteiger partial charge in [0.25, 0.3) is 0 Å². The number of aromatic nitrogens is 1. The highest BCUT2D eigenvalue weighted by atomic mass is 32.1. The van der Waals surface area contributed by atoms with Gasteiger partial charge in [-0.15, -0.1) is 11.3 Å². The molecule has 0 radical (unpaired) electrons. The molecule has 0 bridgehead atoms. The lowest BCUT2D eigenvalue weighted by Gasteiger charge is -2.15. The lowest BCUT2D eigenvalue weighted by molar-refractivity contribution is 0.316. The zero-order valence-corrected chi connectivity index (χ0v) is 11.0. The number of rotatable bonds is 5. The maximum Gasteiger partial charge on any atom is 0.488 e. The molecule has 4 nitrogen and oxygen atoms in total. The first kappa shape index (κ1) is 13.2. The first-order valence-corrected chi connectivity index (χ1v) is 6.60. The van der Waals surface area contributed by atoms with E-state index in [0.29, 0.717) is 5.46 Å². The minimum Gasteiger partial charge on any atom is -0.423 e. The van der Waals surface area contributed by atoms with E-state index in [1.807, 2.05) is 30.1 Å². The van der Waals surface area contributed by atoms with Crippen molar-refractivity contribution in [1.82, 2.24) is 9.88 Å². The average Bonchev–Trinajstić information content (AvgIpc) is 2.82. The molecule has 0 saturated carbocycles. The van der Waals surface area contributed by atoms with Crippen molar-refractivity contribution < 1.29 is 10.0 Å². The van der Waals surface area contributed by atoms with Crippen LogP contribution in [0.1, 0.15) is 11.3 Å². The number of hydrogen-bond acceptors (Lipinski definition) is 5. The van der Waals surface area contributed by atoms with Gasteiger partial charge in [0.1, 0.15) is 0 Å². The molecule has 0 aliphatic carbocycles. The summed E-state index contributed by atoms with van der Waals surface area (Å²) >= 11 is 1.60. The Morgan fingerprint density at radius 2 is 1.94 bits per heavy atom. The Bertz CT molecular complexity index is 473. The Morgan fingerprint density at radius 1 is 1.22 bits per heavy atom. The summed E-state index contributed by atoms with van der Waals surface area (Å²) in [5, 5.41) is 20.1. The highest BCUT2D eigenvalue weighted by Crippen LogP contribution is 2.07. The zero-order chi connectivity index (χ0) is 13.0. The summed E-state index contributed by atoms with van der Waals surface area (Å²) in [6.45, 7) is 1.62. The molecule has 2 N–H and O–H groups in total. The molecule has 0 aliphatic heterocycles. The van der Waals surface area contributed by atoms with Crippen LogP contribution in [0.3, 0.4) is 0 Å². The molecule has 2 aromatic rings. The Hall–Kier alpha value is -1.21. The second-order valence-corrected chi connectivity index (χ2v) is 4.99. The third kappa shape index (κ3) is 3.64. The summed E-state index contributed by atoms with van der Waals surface area (Å²) in [5.74, 6) is 0. The van der Waals surface area contributed by atoms with Gasteiger partial charge in [0, 0.05) is 18.5 Å². The van der Waals surface area contributed by atoms with E-state index >= 15 is 0 Å². The van der Waals surface area contributed by atoms with Gasteiger partial charge in [-0.25, -0.2) is 4.98 Å². The molecule has 1 heterocycles. The van der Waals surface area contributed by atoms with Gasteiger partial charge in [0.05, 0.1) is 11.2 Å². The van der Waals surface area contributed by atoms with Crippen LogP contribution < -0.4 is 5.46 Å². The first-order chi connectivity index (χ1) is 8.65. The van der Waals surface area contributed by atoms with Crippen molar-refractivity contribution in [3.05, 3.63) is 46.4 Å². The maximum atomic E-state index is 9.01. The van der Waals surface area contributed by atoms with Crippen molar-refractivity contribution in [2.75, 3.05) is 7.05 Å². The Balaban J connectivity index is 1.92. The molecule has 0 spiro atoms. The van der Waals surface area contributed by atoms with E-state index in [1.165, 1.54) is 0 Å². The van der Waals surface area contributed by atoms with E-state index in [0.717, 1.165) is 24.3 Å².